The standard InChI is InChI=1S/C19H21N3O7S/c1-28-15-7-9-16(10-8-15)30(26,27)20-12-11-18(24)29-13-17(23)22-19(25)21-14-5-3-2-4-6-14/h2-10,20H,11-13H2,1H3,(H2,21,22,23,25). The lowest BCUT2D eigenvalue weighted by Crippen LogP contribution is -2.37. The molecule has 0 saturated heterocycles. The van der Waals surface area contributed by atoms with Crippen LogP contribution < -0.4 is 20.1 Å². The Hall–Kier alpha value is -3.44. The molecule has 11 heteroatoms. The summed E-state index contributed by atoms with van der Waals surface area (Å²) in [6.07, 6.45) is -0.293. The van der Waals surface area contributed by atoms with Gasteiger partial charge in [-0.15, -0.1) is 0 Å². The van der Waals surface area contributed by atoms with Crippen molar-refractivity contribution in [2.75, 3.05) is 25.6 Å². The molecule has 0 heterocycles. The van der Waals surface area contributed by atoms with Crippen LogP contribution >= 0.6 is 0 Å². The quantitative estimate of drug-likeness (QED) is 0.504. The number of rotatable bonds is 9. The smallest absolute Gasteiger partial charge is 0.325 e. The minimum absolute atomic E-state index is 0.0143. The Morgan fingerprint density at radius 1 is 0.967 bits per heavy atom. The number of anilines is 1. The number of ether oxygens (including phenoxy) is 2. The zero-order valence-corrected chi connectivity index (χ0v) is 16.9. The topological polar surface area (TPSA) is 140 Å². The lowest BCUT2D eigenvalue weighted by Gasteiger charge is -2.09. The van der Waals surface area contributed by atoms with Crippen LogP contribution in [0.1, 0.15) is 6.42 Å². The summed E-state index contributed by atoms with van der Waals surface area (Å²) >= 11 is 0. The molecule has 3 amide bonds. The number of amides is 3. The first-order valence-electron chi connectivity index (χ1n) is 8.75. The van der Waals surface area contributed by atoms with E-state index < -0.39 is 34.5 Å². The summed E-state index contributed by atoms with van der Waals surface area (Å²) in [6.45, 7) is -0.893. The number of hydrogen-bond acceptors (Lipinski definition) is 7. The third kappa shape index (κ3) is 7.53. The normalized spacial score (nSPS) is 10.7. The van der Waals surface area contributed by atoms with Crippen molar-refractivity contribution in [2.24, 2.45) is 0 Å². The van der Waals surface area contributed by atoms with E-state index in [1.165, 1.54) is 31.4 Å². The first-order chi connectivity index (χ1) is 14.3. The number of imide groups is 1. The van der Waals surface area contributed by atoms with Gasteiger partial charge >= 0.3 is 12.0 Å². The highest BCUT2D eigenvalue weighted by Crippen LogP contribution is 2.15. The molecule has 3 N–H and O–H groups in total. The second-order valence-corrected chi connectivity index (χ2v) is 7.62. The SMILES string of the molecule is COc1ccc(S(=O)(=O)NCCC(=O)OCC(=O)NC(=O)Nc2ccccc2)cc1. The van der Waals surface area contributed by atoms with Gasteiger partial charge in [0.25, 0.3) is 5.91 Å². The third-order valence-corrected chi connectivity index (χ3v) is 5.12. The van der Waals surface area contributed by atoms with E-state index in [9.17, 15) is 22.8 Å². The molecule has 10 nitrogen and oxygen atoms in total. The summed E-state index contributed by atoms with van der Waals surface area (Å²) < 4.78 is 36.2. The molecule has 0 saturated carbocycles. The number of esters is 1. The maximum atomic E-state index is 12.1. The van der Waals surface area contributed by atoms with Crippen molar-refractivity contribution >= 4 is 33.6 Å². The van der Waals surface area contributed by atoms with Crippen molar-refractivity contribution < 1.29 is 32.3 Å². The summed E-state index contributed by atoms with van der Waals surface area (Å²) in [5, 5.41) is 4.45. The number of sulfonamides is 1. The van der Waals surface area contributed by atoms with Crippen molar-refractivity contribution in [1.82, 2.24) is 10.0 Å². The van der Waals surface area contributed by atoms with E-state index >= 15 is 0 Å². The van der Waals surface area contributed by atoms with Gasteiger partial charge in [-0.3, -0.25) is 14.9 Å². The predicted molar refractivity (Wildman–Crippen MR) is 107 cm³/mol. The molecule has 2 rings (SSSR count). The predicted octanol–water partition coefficient (Wildman–Crippen LogP) is 1.26. The van der Waals surface area contributed by atoms with Gasteiger partial charge in [0.1, 0.15) is 5.75 Å². The van der Waals surface area contributed by atoms with Crippen molar-refractivity contribution in [3.05, 3.63) is 54.6 Å². The number of methoxy groups -OCH3 is 1. The van der Waals surface area contributed by atoms with Crippen LogP contribution in [0.15, 0.2) is 59.5 Å². The van der Waals surface area contributed by atoms with Gasteiger partial charge in [-0.2, -0.15) is 0 Å². The average Bonchev–Trinajstić information content (AvgIpc) is 2.73. The molecule has 0 aliphatic rings. The average molecular weight is 435 g/mol. The fourth-order valence-electron chi connectivity index (χ4n) is 2.19. The van der Waals surface area contributed by atoms with Crippen molar-refractivity contribution in [3.8, 4) is 5.75 Å². The van der Waals surface area contributed by atoms with Gasteiger partial charge in [-0.05, 0) is 36.4 Å². The van der Waals surface area contributed by atoms with Gasteiger partial charge in [0.15, 0.2) is 6.61 Å². The van der Waals surface area contributed by atoms with Gasteiger partial charge in [0, 0.05) is 12.2 Å². The van der Waals surface area contributed by atoms with Crippen LogP contribution in [0, 0.1) is 0 Å². The maximum absolute atomic E-state index is 12.1. The Morgan fingerprint density at radius 3 is 2.27 bits per heavy atom. The second kappa shape index (κ2) is 10.9. The zero-order valence-electron chi connectivity index (χ0n) is 16.1. The maximum Gasteiger partial charge on any atom is 0.325 e. The number of carbonyl (C=O) groups excluding carboxylic acids is 3. The van der Waals surface area contributed by atoms with Gasteiger partial charge in [-0.25, -0.2) is 17.9 Å². The van der Waals surface area contributed by atoms with Crippen LogP contribution in [0.4, 0.5) is 10.5 Å². The van der Waals surface area contributed by atoms with Gasteiger partial charge in [0.05, 0.1) is 18.4 Å². The zero-order chi connectivity index (χ0) is 22.0. The van der Waals surface area contributed by atoms with Crippen LogP contribution in [0.5, 0.6) is 5.75 Å². The molecule has 0 aliphatic heterocycles. The first kappa shape index (κ1) is 22.8. The molecule has 0 aliphatic carbocycles. The number of urea groups is 1. The third-order valence-electron chi connectivity index (χ3n) is 3.64. The highest BCUT2D eigenvalue weighted by Gasteiger charge is 2.15. The highest BCUT2D eigenvalue weighted by atomic mass is 32.2. The first-order valence-corrected chi connectivity index (χ1v) is 10.2. The van der Waals surface area contributed by atoms with E-state index in [1.807, 2.05) is 5.32 Å². The largest absolute Gasteiger partial charge is 0.497 e. The molecule has 160 valence electrons. The van der Waals surface area contributed by atoms with Gasteiger partial charge in [0.2, 0.25) is 10.0 Å². The highest BCUT2D eigenvalue weighted by molar-refractivity contribution is 7.89. The molecule has 0 atom stereocenters. The number of para-hydroxylation sites is 1. The molecular formula is C19H21N3O7S. The van der Waals surface area contributed by atoms with Gasteiger partial charge < -0.3 is 14.8 Å². The Kier molecular flexibility index (Phi) is 8.32. The van der Waals surface area contributed by atoms with Crippen LogP contribution in [0.3, 0.4) is 0 Å². The Morgan fingerprint density at radius 2 is 1.63 bits per heavy atom. The minimum Gasteiger partial charge on any atom is -0.497 e. The summed E-state index contributed by atoms with van der Waals surface area (Å²) in [5.41, 5.74) is 0.490. The molecule has 2 aromatic rings. The summed E-state index contributed by atoms with van der Waals surface area (Å²) in [5.74, 6) is -1.12. The second-order valence-electron chi connectivity index (χ2n) is 5.85. The molecule has 0 radical (unpaired) electrons. The lowest BCUT2D eigenvalue weighted by molar-refractivity contribution is -0.148. The summed E-state index contributed by atoms with van der Waals surface area (Å²) in [6, 6.07) is 13.4. The summed E-state index contributed by atoms with van der Waals surface area (Å²) in [7, 11) is -2.34. The Balaban J connectivity index is 1.68. The summed E-state index contributed by atoms with van der Waals surface area (Å²) in [4.78, 5) is 35.0. The van der Waals surface area contributed by atoms with Crippen LogP contribution in [0.2, 0.25) is 0 Å². The molecule has 0 bridgehead atoms. The molecule has 30 heavy (non-hydrogen) atoms. The minimum atomic E-state index is -3.80. The number of nitrogens with one attached hydrogen (secondary N) is 3. The van der Waals surface area contributed by atoms with Crippen molar-refractivity contribution in [3.63, 3.8) is 0 Å². The van der Waals surface area contributed by atoms with E-state index in [0.29, 0.717) is 11.4 Å². The van der Waals surface area contributed by atoms with E-state index in [-0.39, 0.29) is 17.9 Å². The van der Waals surface area contributed by atoms with Crippen molar-refractivity contribution in [2.45, 2.75) is 11.3 Å². The molecule has 0 aromatic heterocycles. The lowest BCUT2D eigenvalue weighted by atomic mass is 10.3. The van der Waals surface area contributed by atoms with E-state index in [1.54, 1.807) is 30.3 Å². The molecule has 0 fully saturated rings. The van der Waals surface area contributed by atoms with Crippen molar-refractivity contribution in [1.29, 1.82) is 0 Å². The monoisotopic (exact) mass is 435 g/mol. The van der Waals surface area contributed by atoms with Gasteiger partial charge in [-0.1, -0.05) is 18.2 Å². The number of benzene rings is 2. The van der Waals surface area contributed by atoms with E-state index in [4.69, 9.17) is 9.47 Å². The van der Waals surface area contributed by atoms with E-state index in [2.05, 4.69) is 10.0 Å². The van der Waals surface area contributed by atoms with Crippen LogP contribution in [-0.2, 0) is 24.3 Å². The van der Waals surface area contributed by atoms with Crippen LogP contribution in [0.25, 0.3) is 0 Å². The number of hydrogen-bond donors (Lipinski definition) is 3. The molecule has 2 aromatic carbocycles. The van der Waals surface area contributed by atoms with E-state index in [0.717, 1.165) is 0 Å². The fraction of sp³-hybridized carbons (Fsp3) is 0.211. The molecular weight excluding hydrogens is 414 g/mol. The fourth-order valence-corrected chi connectivity index (χ4v) is 3.22. The Bertz CT molecular complexity index is 977. The molecule has 0 spiro atoms. The molecule has 0 unspecified atom stereocenters. The number of carbonyl (C=O) groups is 3. The Labute approximate surface area is 173 Å². The van der Waals surface area contributed by atoms with Crippen LogP contribution in [-0.4, -0.2) is 46.6 Å².